The van der Waals surface area contributed by atoms with E-state index in [1.807, 2.05) is 12.3 Å². The number of hydrogen-bond acceptors (Lipinski definition) is 6. The Morgan fingerprint density at radius 2 is 2.16 bits per heavy atom. The predicted octanol–water partition coefficient (Wildman–Crippen LogP) is 1.90. The Labute approximate surface area is 114 Å². The molecule has 0 amide bonds. The summed E-state index contributed by atoms with van der Waals surface area (Å²) in [7, 11) is 0. The van der Waals surface area contributed by atoms with Crippen LogP contribution >= 0.6 is 11.3 Å². The molecule has 0 aliphatic carbocycles. The number of thiazole rings is 1. The van der Waals surface area contributed by atoms with E-state index in [1.165, 1.54) is 6.07 Å². The van der Waals surface area contributed by atoms with Crippen LogP contribution in [0.25, 0.3) is 0 Å². The van der Waals surface area contributed by atoms with Gasteiger partial charge in [0.05, 0.1) is 10.7 Å². The van der Waals surface area contributed by atoms with Crippen LogP contribution in [0.3, 0.4) is 0 Å². The number of rotatable bonds is 5. The van der Waals surface area contributed by atoms with Crippen LogP contribution in [0.2, 0.25) is 0 Å². The molecule has 0 bridgehead atoms. The first-order valence-corrected chi connectivity index (χ1v) is 6.66. The summed E-state index contributed by atoms with van der Waals surface area (Å²) in [4.78, 5) is 23.3. The van der Waals surface area contributed by atoms with E-state index in [1.54, 1.807) is 18.3 Å². The van der Waals surface area contributed by atoms with Crippen molar-refractivity contribution in [1.82, 2.24) is 15.0 Å². The lowest BCUT2D eigenvalue weighted by atomic mass is 10.3. The van der Waals surface area contributed by atoms with Crippen LogP contribution in [0.5, 0.6) is 0 Å². The zero-order chi connectivity index (χ0) is 13.8. The summed E-state index contributed by atoms with van der Waals surface area (Å²) in [6.45, 7) is 4.32. The molecule has 0 aromatic carbocycles. The summed E-state index contributed by atoms with van der Waals surface area (Å²) in [5.74, 6) is -0.715. The molecule has 19 heavy (non-hydrogen) atoms. The largest absolute Gasteiger partial charge is 0.477 e. The number of hydrogen-bond donors (Lipinski definition) is 2. The summed E-state index contributed by atoms with van der Waals surface area (Å²) in [5, 5.41) is 15.0. The zero-order valence-electron chi connectivity index (χ0n) is 10.7. The number of carboxylic acids is 1. The Balaban J connectivity index is 1.97. The first kappa shape index (κ1) is 13.4. The highest BCUT2D eigenvalue weighted by Crippen LogP contribution is 2.09. The highest BCUT2D eigenvalue weighted by atomic mass is 32.1. The van der Waals surface area contributed by atoms with Gasteiger partial charge in [-0.05, 0) is 19.9 Å². The fourth-order valence-electron chi connectivity index (χ4n) is 1.58. The van der Waals surface area contributed by atoms with Crippen molar-refractivity contribution in [3.8, 4) is 0 Å². The highest BCUT2D eigenvalue weighted by Gasteiger charge is 2.08. The maximum Gasteiger partial charge on any atom is 0.354 e. The molecule has 2 N–H and O–H groups in total. The minimum atomic E-state index is -1.05. The molecule has 0 saturated heterocycles. The van der Waals surface area contributed by atoms with Gasteiger partial charge < -0.3 is 10.4 Å². The molecule has 0 radical (unpaired) electrons. The van der Waals surface area contributed by atoms with Crippen LogP contribution in [-0.4, -0.2) is 32.6 Å². The summed E-state index contributed by atoms with van der Waals surface area (Å²) < 4.78 is 0. The lowest BCUT2D eigenvalue weighted by Crippen LogP contribution is -2.11. The molecule has 2 rings (SSSR count). The standard InChI is InChI=1S/C12H14N4O2S/c1-7-5-10(11(17)18)16-12(14-7)13-4-3-9-6-19-8(2)15-9/h5-6H,3-4H2,1-2H3,(H,17,18)(H,13,14,16). The second-order valence-corrected chi connectivity index (χ2v) is 5.12. The van der Waals surface area contributed by atoms with E-state index in [0.29, 0.717) is 18.2 Å². The minimum absolute atomic E-state index is 0.000460. The van der Waals surface area contributed by atoms with Gasteiger partial charge in [-0.1, -0.05) is 0 Å². The van der Waals surface area contributed by atoms with Gasteiger partial charge in [-0.25, -0.2) is 19.7 Å². The van der Waals surface area contributed by atoms with Gasteiger partial charge in [0, 0.05) is 24.0 Å². The third-order valence-electron chi connectivity index (χ3n) is 2.40. The van der Waals surface area contributed by atoms with Crippen LogP contribution in [0.15, 0.2) is 11.4 Å². The summed E-state index contributed by atoms with van der Waals surface area (Å²) in [6.07, 6.45) is 0.754. The fraction of sp³-hybridized carbons (Fsp3) is 0.333. The number of aromatic nitrogens is 3. The number of carboxylic acid groups (broad SMARTS) is 1. The smallest absolute Gasteiger partial charge is 0.354 e. The Kier molecular flexibility index (Phi) is 4.06. The van der Waals surface area contributed by atoms with Crippen LogP contribution in [-0.2, 0) is 6.42 Å². The van der Waals surface area contributed by atoms with E-state index in [-0.39, 0.29) is 5.69 Å². The number of anilines is 1. The van der Waals surface area contributed by atoms with Crippen molar-refractivity contribution < 1.29 is 9.90 Å². The van der Waals surface area contributed by atoms with Gasteiger partial charge >= 0.3 is 5.97 Å². The Hall–Kier alpha value is -2.02. The Morgan fingerprint density at radius 3 is 2.79 bits per heavy atom. The number of nitrogens with one attached hydrogen (secondary N) is 1. The van der Waals surface area contributed by atoms with Crippen molar-refractivity contribution in [1.29, 1.82) is 0 Å². The van der Waals surface area contributed by atoms with E-state index >= 15 is 0 Å². The molecular formula is C12H14N4O2S. The van der Waals surface area contributed by atoms with E-state index in [2.05, 4.69) is 20.3 Å². The Morgan fingerprint density at radius 1 is 1.37 bits per heavy atom. The van der Waals surface area contributed by atoms with Crippen molar-refractivity contribution >= 4 is 23.3 Å². The van der Waals surface area contributed by atoms with Crippen molar-refractivity contribution in [3.63, 3.8) is 0 Å². The molecule has 6 nitrogen and oxygen atoms in total. The van der Waals surface area contributed by atoms with Crippen LogP contribution in [0, 0.1) is 13.8 Å². The maximum absolute atomic E-state index is 10.9. The number of aryl methyl sites for hydroxylation is 2. The normalized spacial score (nSPS) is 10.4. The quantitative estimate of drug-likeness (QED) is 0.868. The van der Waals surface area contributed by atoms with E-state index in [4.69, 9.17) is 5.11 Å². The second-order valence-electron chi connectivity index (χ2n) is 4.06. The van der Waals surface area contributed by atoms with Crippen molar-refractivity contribution in [2.45, 2.75) is 20.3 Å². The fourth-order valence-corrected chi connectivity index (χ4v) is 2.23. The van der Waals surface area contributed by atoms with Gasteiger partial charge in [0.25, 0.3) is 0 Å². The minimum Gasteiger partial charge on any atom is -0.477 e. The third kappa shape index (κ3) is 3.72. The van der Waals surface area contributed by atoms with Crippen LogP contribution in [0.1, 0.15) is 26.9 Å². The average Bonchev–Trinajstić information content (AvgIpc) is 2.74. The van der Waals surface area contributed by atoms with Gasteiger partial charge in [0.1, 0.15) is 0 Å². The summed E-state index contributed by atoms with van der Waals surface area (Å²) >= 11 is 1.61. The highest BCUT2D eigenvalue weighted by molar-refractivity contribution is 7.09. The van der Waals surface area contributed by atoms with Gasteiger partial charge in [-0.15, -0.1) is 11.3 Å². The molecule has 0 unspecified atom stereocenters. The summed E-state index contributed by atoms with van der Waals surface area (Å²) in [5.41, 5.74) is 1.64. The molecule has 0 aliphatic rings. The number of aromatic carboxylic acids is 1. The van der Waals surface area contributed by atoms with Crippen LogP contribution in [0.4, 0.5) is 5.95 Å². The molecule has 7 heteroatoms. The molecule has 0 saturated carbocycles. The average molecular weight is 278 g/mol. The van der Waals surface area contributed by atoms with Gasteiger partial charge in [0.2, 0.25) is 5.95 Å². The molecule has 2 aromatic rings. The lowest BCUT2D eigenvalue weighted by Gasteiger charge is -2.05. The predicted molar refractivity (Wildman–Crippen MR) is 72.8 cm³/mol. The molecule has 0 aliphatic heterocycles. The zero-order valence-corrected chi connectivity index (χ0v) is 11.5. The first-order chi connectivity index (χ1) is 9.04. The monoisotopic (exact) mass is 278 g/mol. The molecule has 0 atom stereocenters. The molecular weight excluding hydrogens is 264 g/mol. The van der Waals surface area contributed by atoms with Crippen molar-refractivity contribution in [2.24, 2.45) is 0 Å². The molecule has 2 heterocycles. The lowest BCUT2D eigenvalue weighted by molar-refractivity contribution is 0.0690. The van der Waals surface area contributed by atoms with E-state index in [9.17, 15) is 4.79 Å². The topological polar surface area (TPSA) is 88.0 Å². The number of carbonyl (C=O) groups is 1. The van der Waals surface area contributed by atoms with E-state index < -0.39 is 5.97 Å². The van der Waals surface area contributed by atoms with Crippen LogP contribution < -0.4 is 5.32 Å². The van der Waals surface area contributed by atoms with Gasteiger partial charge in [0.15, 0.2) is 5.69 Å². The first-order valence-electron chi connectivity index (χ1n) is 5.78. The molecule has 2 aromatic heterocycles. The second kappa shape index (κ2) is 5.75. The van der Waals surface area contributed by atoms with Gasteiger partial charge in [-0.3, -0.25) is 0 Å². The van der Waals surface area contributed by atoms with Crippen molar-refractivity contribution in [3.05, 3.63) is 33.5 Å². The molecule has 0 spiro atoms. The van der Waals surface area contributed by atoms with E-state index in [0.717, 1.165) is 17.1 Å². The Bertz CT molecular complexity index is 597. The molecule has 100 valence electrons. The SMILES string of the molecule is Cc1cc(C(=O)O)nc(NCCc2csc(C)n2)n1. The number of nitrogens with zero attached hydrogens (tertiary/aromatic N) is 3. The van der Waals surface area contributed by atoms with Gasteiger partial charge in [-0.2, -0.15) is 0 Å². The third-order valence-corrected chi connectivity index (χ3v) is 3.23. The molecule has 0 fully saturated rings. The summed E-state index contributed by atoms with van der Waals surface area (Å²) in [6, 6.07) is 1.44. The van der Waals surface area contributed by atoms with Crippen molar-refractivity contribution in [2.75, 3.05) is 11.9 Å². The maximum atomic E-state index is 10.9.